The Balaban J connectivity index is 1.67. The van der Waals surface area contributed by atoms with Crippen LogP contribution in [0.15, 0.2) is 36.4 Å². The van der Waals surface area contributed by atoms with E-state index in [4.69, 9.17) is 6.42 Å². The average Bonchev–Trinajstić information content (AvgIpc) is 2.93. The Kier molecular flexibility index (Phi) is 5.98. The van der Waals surface area contributed by atoms with Crippen LogP contribution in [0.5, 0.6) is 0 Å². The van der Waals surface area contributed by atoms with Gasteiger partial charge in [0.15, 0.2) is 5.78 Å². The van der Waals surface area contributed by atoms with Gasteiger partial charge in [-0.05, 0) is 55.2 Å². The smallest absolute Gasteiger partial charge is 0.221 e. The third kappa shape index (κ3) is 4.46. The van der Waals surface area contributed by atoms with Crippen molar-refractivity contribution in [2.45, 2.75) is 46.1 Å². The number of carbonyl (C=O) groups is 3. The van der Waals surface area contributed by atoms with Gasteiger partial charge in [0.2, 0.25) is 5.91 Å². The average molecular weight is 387 g/mol. The molecule has 3 rings (SSSR count). The maximum atomic E-state index is 13.0. The molecule has 4 heteroatoms. The van der Waals surface area contributed by atoms with Crippen molar-refractivity contribution in [3.05, 3.63) is 69.8 Å². The molecule has 1 amide bonds. The minimum Gasteiger partial charge on any atom is -0.352 e. The van der Waals surface area contributed by atoms with Gasteiger partial charge >= 0.3 is 0 Å². The van der Waals surface area contributed by atoms with E-state index in [0.717, 1.165) is 33.4 Å². The largest absolute Gasteiger partial charge is 0.352 e. The van der Waals surface area contributed by atoms with Crippen molar-refractivity contribution in [1.29, 1.82) is 0 Å². The molecule has 2 unspecified atom stereocenters. The number of aryl methyl sites for hydroxylation is 3. The van der Waals surface area contributed by atoms with E-state index in [1.165, 1.54) is 0 Å². The standard InChI is InChI=1S/C25H25NO3/c1-5-18-7-6-8-19(11-18)14-26-22(28)13-20-12-21(27)24(25(20)29)23-16(3)9-15(2)10-17(23)4/h1,6-11,20,24H,12-14H2,2-4H3,(H,26,28). The molecule has 4 nitrogen and oxygen atoms in total. The van der Waals surface area contributed by atoms with Crippen LogP contribution in [0.1, 0.15) is 52.1 Å². The molecule has 2 aromatic rings. The number of benzene rings is 2. The third-order valence-electron chi connectivity index (χ3n) is 5.50. The van der Waals surface area contributed by atoms with Crippen LogP contribution in [0.4, 0.5) is 0 Å². The SMILES string of the molecule is C#Cc1cccc(CNC(=O)CC2CC(=O)C(c3c(C)cc(C)cc3C)C2=O)c1. The highest BCUT2D eigenvalue weighted by Crippen LogP contribution is 2.37. The highest BCUT2D eigenvalue weighted by Gasteiger charge is 2.43. The summed E-state index contributed by atoms with van der Waals surface area (Å²) in [5.74, 6) is 0.775. The molecule has 1 N–H and O–H groups in total. The van der Waals surface area contributed by atoms with Crippen molar-refractivity contribution in [1.82, 2.24) is 5.32 Å². The second-order valence-electron chi connectivity index (χ2n) is 7.84. The van der Waals surface area contributed by atoms with Gasteiger partial charge in [0.05, 0.1) is 0 Å². The Hall–Kier alpha value is -3.19. The van der Waals surface area contributed by atoms with E-state index in [0.29, 0.717) is 6.54 Å². The predicted octanol–water partition coefficient (Wildman–Crippen LogP) is 3.54. The summed E-state index contributed by atoms with van der Waals surface area (Å²) >= 11 is 0. The van der Waals surface area contributed by atoms with Crippen molar-refractivity contribution < 1.29 is 14.4 Å². The molecule has 0 heterocycles. The Morgan fingerprint density at radius 1 is 1.14 bits per heavy atom. The maximum absolute atomic E-state index is 13.0. The van der Waals surface area contributed by atoms with Crippen LogP contribution in [0, 0.1) is 39.0 Å². The predicted molar refractivity (Wildman–Crippen MR) is 112 cm³/mol. The first-order valence-electron chi connectivity index (χ1n) is 9.76. The number of Topliss-reactive ketones (excluding diaryl/α,β-unsaturated/α-hetero) is 2. The van der Waals surface area contributed by atoms with Gasteiger partial charge in [0.1, 0.15) is 11.7 Å². The van der Waals surface area contributed by atoms with E-state index >= 15 is 0 Å². The Morgan fingerprint density at radius 2 is 1.83 bits per heavy atom. The van der Waals surface area contributed by atoms with E-state index in [1.54, 1.807) is 0 Å². The van der Waals surface area contributed by atoms with Gasteiger partial charge in [-0.15, -0.1) is 6.42 Å². The van der Waals surface area contributed by atoms with E-state index in [9.17, 15) is 14.4 Å². The second-order valence-corrected chi connectivity index (χ2v) is 7.84. The summed E-state index contributed by atoms with van der Waals surface area (Å²) in [6.07, 6.45) is 5.54. The Labute approximate surface area is 171 Å². The summed E-state index contributed by atoms with van der Waals surface area (Å²) in [4.78, 5) is 38.0. The fourth-order valence-electron chi connectivity index (χ4n) is 4.25. The molecule has 1 fully saturated rings. The number of hydrogen-bond acceptors (Lipinski definition) is 3. The maximum Gasteiger partial charge on any atom is 0.221 e. The molecule has 0 spiro atoms. The number of rotatable bonds is 5. The van der Waals surface area contributed by atoms with Gasteiger partial charge in [-0.25, -0.2) is 0 Å². The minimum absolute atomic E-state index is 0.0276. The van der Waals surface area contributed by atoms with Crippen molar-refractivity contribution in [2.75, 3.05) is 0 Å². The van der Waals surface area contributed by atoms with Crippen molar-refractivity contribution >= 4 is 17.5 Å². The molecule has 1 aliphatic carbocycles. The Bertz CT molecular complexity index is 1010. The van der Waals surface area contributed by atoms with Crippen LogP contribution >= 0.6 is 0 Å². The normalized spacial score (nSPS) is 18.6. The molecule has 148 valence electrons. The van der Waals surface area contributed by atoms with Crippen molar-refractivity contribution in [2.24, 2.45) is 5.92 Å². The lowest BCUT2D eigenvalue weighted by molar-refractivity contribution is -0.128. The van der Waals surface area contributed by atoms with E-state index < -0.39 is 11.8 Å². The van der Waals surface area contributed by atoms with E-state index in [2.05, 4.69) is 11.2 Å². The summed E-state index contributed by atoms with van der Waals surface area (Å²) in [5, 5.41) is 2.83. The fourth-order valence-corrected chi connectivity index (χ4v) is 4.25. The highest BCUT2D eigenvalue weighted by atomic mass is 16.2. The van der Waals surface area contributed by atoms with Crippen molar-refractivity contribution in [3.63, 3.8) is 0 Å². The zero-order chi connectivity index (χ0) is 21.1. The van der Waals surface area contributed by atoms with Crippen LogP contribution in [0.3, 0.4) is 0 Å². The lowest BCUT2D eigenvalue weighted by Crippen LogP contribution is -2.27. The zero-order valence-electron chi connectivity index (χ0n) is 17.0. The number of terminal acetylenes is 1. The minimum atomic E-state index is -0.749. The quantitative estimate of drug-likeness (QED) is 0.630. The molecule has 1 saturated carbocycles. The fraction of sp³-hybridized carbons (Fsp3) is 0.320. The van der Waals surface area contributed by atoms with Crippen LogP contribution in [0.25, 0.3) is 0 Å². The van der Waals surface area contributed by atoms with Crippen LogP contribution in [-0.2, 0) is 20.9 Å². The lowest BCUT2D eigenvalue weighted by atomic mass is 9.86. The monoisotopic (exact) mass is 387 g/mol. The molecular formula is C25H25NO3. The first-order chi connectivity index (χ1) is 13.8. The van der Waals surface area contributed by atoms with E-state index in [1.807, 2.05) is 57.2 Å². The first kappa shape index (κ1) is 20.5. The number of amides is 1. The summed E-state index contributed by atoms with van der Waals surface area (Å²) in [5.41, 5.74) is 5.46. The van der Waals surface area contributed by atoms with Gasteiger partial charge in [-0.3, -0.25) is 14.4 Å². The van der Waals surface area contributed by atoms with Crippen LogP contribution in [0.2, 0.25) is 0 Å². The topological polar surface area (TPSA) is 63.2 Å². The molecule has 2 atom stereocenters. The summed E-state index contributed by atoms with van der Waals surface area (Å²) in [7, 11) is 0. The summed E-state index contributed by atoms with van der Waals surface area (Å²) in [6, 6.07) is 11.4. The number of nitrogens with one attached hydrogen (secondary N) is 1. The molecule has 0 bridgehead atoms. The summed E-state index contributed by atoms with van der Waals surface area (Å²) in [6.45, 7) is 6.19. The highest BCUT2D eigenvalue weighted by molar-refractivity contribution is 6.15. The zero-order valence-corrected chi connectivity index (χ0v) is 17.0. The first-order valence-corrected chi connectivity index (χ1v) is 9.76. The van der Waals surface area contributed by atoms with Gasteiger partial charge in [0, 0.05) is 30.9 Å². The number of ketones is 2. The van der Waals surface area contributed by atoms with Gasteiger partial charge < -0.3 is 5.32 Å². The number of hydrogen-bond donors (Lipinski definition) is 1. The third-order valence-corrected chi connectivity index (χ3v) is 5.50. The molecular weight excluding hydrogens is 362 g/mol. The molecule has 0 saturated heterocycles. The van der Waals surface area contributed by atoms with Crippen LogP contribution in [-0.4, -0.2) is 17.5 Å². The molecule has 0 aromatic heterocycles. The second kappa shape index (κ2) is 8.45. The molecule has 2 aromatic carbocycles. The van der Waals surface area contributed by atoms with Gasteiger partial charge in [-0.2, -0.15) is 0 Å². The summed E-state index contributed by atoms with van der Waals surface area (Å²) < 4.78 is 0. The molecule has 1 aliphatic rings. The van der Waals surface area contributed by atoms with E-state index in [-0.39, 0.29) is 30.3 Å². The van der Waals surface area contributed by atoms with Gasteiger partial charge in [-0.1, -0.05) is 35.7 Å². The van der Waals surface area contributed by atoms with Crippen LogP contribution < -0.4 is 5.32 Å². The van der Waals surface area contributed by atoms with Crippen molar-refractivity contribution in [3.8, 4) is 12.3 Å². The number of carbonyl (C=O) groups excluding carboxylic acids is 3. The molecule has 0 radical (unpaired) electrons. The lowest BCUT2D eigenvalue weighted by Gasteiger charge is -2.16. The molecule has 0 aliphatic heterocycles. The Morgan fingerprint density at radius 3 is 2.48 bits per heavy atom. The molecule has 29 heavy (non-hydrogen) atoms. The van der Waals surface area contributed by atoms with Gasteiger partial charge in [0.25, 0.3) is 0 Å².